The number of hydrogen-bond acceptors (Lipinski definition) is 5. The lowest BCUT2D eigenvalue weighted by Gasteiger charge is -2.19. The number of nitrogens with one attached hydrogen (secondary N) is 1. The molecule has 0 aliphatic carbocycles. The summed E-state index contributed by atoms with van der Waals surface area (Å²) in [5.41, 5.74) is -0.250. The highest BCUT2D eigenvalue weighted by molar-refractivity contribution is 7.11. The highest BCUT2D eigenvalue weighted by Gasteiger charge is 2.24. The zero-order valence-electron chi connectivity index (χ0n) is 10.9. The Morgan fingerprint density at radius 3 is 2.31 bits per heavy atom. The predicted octanol–water partition coefficient (Wildman–Crippen LogP) is 2.31. The summed E-state index contributed by atoms with van der Waals surface area (Å²) in [6.07, 6.45) is 0. The molecule has 5 heteroatoms. The molecular formula is C11H21N3OS. The third-order valence-corrected chi connectivity index (χ3v) is 3.49. The molecule has 1 aromatic rings. The van der Waals surface area contributed by atoms with Crippen LogP contribution in [-0.4, -0.2) is 22.8 Å². The number of hydrogen-bond donors (Lipinski definition) is 1. The molecule has 1 rings (SSSR count). The van der Waals surface area contributed by atoms with Crippen molar-refractivity contribution in [2.24, 2.45) is 0 Å². The quantitative estimate of drug-likeness (QED) is 0.881. The number of aromatic nitrogens is 2. The normalized spacial score (nSPS) is 13.1. The maximum absolute atomic E-state index is 5.37. The SMILES string of the molecule is COC(C)(C)c1nnc(CNC(C)(C)C)s1. The second kappa shape index (κ2) is 4.77. The van der Waals surface area contributed by atoms with Crippen LogP contribution in [0.5, 0.6) is 0 Å². The smallest absolute Gasteiger partial charge is 0.148 e. The molecular weight excluding hydrogens is 222 g/mol. The molecule has 0 aliphatic heterocycles. The fourth-order valence-corrected chi connectivity index (χ4v) is 1.86. The molecule has 1 aromatic heterocycles. The van der Waals surface area contributed by atoms with Crippen LogP contribution in [0, 0.1) is 0 Å². The van der Waals surface area contributed by atoms with Crippen LogP contribution in [0.1, 0.15) is 44.6 Å². The van der Waals surface area contributed by atoms with Crippen molar-refractivity contribution in [2.75, 3.05) is 7.11 Å². The minimum atomic E-state index is -0.350. The molecule has 0 saturated carbocycles. The van der Waals surface area contributed by atoms with Gasteiger partial charge in [0, 0.05) is 12.6 Å². The largest absolute Gasteiger partial charge is 0.372 e. The predicted molar refractivity (Wildman–Crippen MR) is 66.5 cm³/mol. The topological polar surface area (TPSA) is 47.0 Å². The van der Waals surface area contributed by atoms with Crippen molar-refractivity contribution < 1.29 is 4.74 Å². The van der Waals surface area contributed by atoms with Gasteiger partial charge >= 0.3 is 0 Å². The molecule has 0 spiro atoms. The van der Waals surface area contributed by atoms with Crippen LogP contribution in [0.25, 0.3) is 0 Å². The summed E-state index contributed by atoms with van der Waals surface area (Å²) >= 11 is 1.60. The summed E-state index contributed by atoms with van der Waals surface area (Å²) in [4.78, 5) is 0. The lowest BCUT2D eigenvalue weighted by atomic mass is 10.1. The molecule has 16 heavy (non-hydrogen) atoms. The number of nitrogens with zero attached hydrogens (tertiary/aromatic N) is 2. The summed E-state index contributed by atoms with van der Waals surface area (Å²) in [7, 11) is 1.69. The second-order valence-corrected chi connectivity index (χ2v) is 6.38. The van der Waals surface area contributed by atoms with E-state index in [1.807, 2.05) is 13.8 Å². The lowest BCUT2D eigenvalue weighted by molar-refractivity contribution is 0.0185. The Labute approximate surface area is 101 Å². The average molecular weight is 243 g/mol. The monoisotopic (exact) mass is 243 g/mol. The first-order valence-corrected chi connectivity index (χ1v) is 6.19. The van der Waals surface area contributed by atoms with Crippen LogP contribution in [-0.2, 0) is 16.9 Å². The van der Waals surface area contributed by atoms with E-state index in [9.17, 15) is 0 Å². The first-order chi connectivity index (χ1) is 7.24. The van der Waals surface area contributed by atoms with Crippen molar-refractivity contribution in [3.05, 3.63) is 10.0 Å². The fourth-order valence-electron chi connectivity index (χ4n) is 0.996. The minimum absolute atomic E-state index is 0.0998. The van der Waals surface area contributed by atoms with Gasteiger partial charge in [-0.25, -0.2) is 0 Å². The van der Waals surface area contributed by atoms with E-state index in [0.717, 1.165) is 16.6 Å². The molecule has 0 radical (unpaired) electrons. The summed E-state index contributed by atoms with van der Waals surface area (Å²) in [5.74, 6) is 0. The standard InChI is InChI=1S/C11H21N3OS/c1-10(2,3)12-7-8-13-14-9(16-8)11(4,5)15-6/h12H,7H2,1-6H3. The Hall–Kier alpha value is -0.520. The minimum Gasteiger partial charge on any atom is -0.372 e. The molecule has 0 aliphatic rings. The lowest BCUT2D eigenvalue weighted by Crippen LogP contribution is -2.35. The van der Waals surface area contributed by atoms with Crippen molar-refractivity contribution in [1.29, 1.82) is 0 Å². The number of rotatable bonds is 4. The zero-order valence-corrected chi connectivity index (χ0v) is 11.7. The summed E-state index contributed by atoms with van der Waals surface area (Å²) in [6, 6.07) is 0. The van der Waals surface area contributed by atoms with Crippen LogP contribution in [0.4, 0.5) is 0 Å². The van der Waals surface area contributed by atoms with Gasteiger partial charge in [0.2, 0.25) is 0 Å². The van der Waals surface area contributed by atoms with Gasteiger partial charge in [-0.3, -0.25) is 0 Å². The van der Waals surface area contributed by atoms with Crippen LogP contribution < -0.4 is 5.32 Å². The van der Waals surface area contributed by atoms with E-state index >= 15 is 0 Å². The van der Waals surface area contributed by atoms with Crippen molar-refractivity contribution in [3.8, 4) is 0 Å². The van der Waals surface area contributed by atoms with Crippen LogP contribution >= 0.6 is 11.3 Å². The molecule has 0 bridgehead atoms. The summed E-state index contributed by atoms with van der Waals surface area (Å²) in [6.45, 7) is 11.1. The Balaban J connectivity index is 2.66. The van der Waals surface area contributed by atoms with Gasteiger partial charge in [0.15, 0.2) is 0 Å². The Morgan fingerprint density at radius 2 is 1.81 bits per heavy atom. The summed E-state index contributed by atoms with van der Waals surface area (Å²) < 4.78 is 5.37. The molecule has 4 nitrogen and oxygen atoms in total. The van der Waals surface area contributed by atoms with E-state index in [4.69, 9.17) is 4.74 Å². The van der Waals surface area contributed by atoms with Gasteiger partial charge in [-0.05, 0) is 34.6 Å². The highest BCUT2D eigenvalue weighted by atomic mass is 32.1. The van der Waals surface area contributed by atoms with Crippen molar-refractivity contribution >= 4 is 11.3 Å². The first kappa shape index (κ1) is 13.5. The Kier molecular flexibility index (Phi) is 4.04. The molecule has 1 N–H and O–H groups in total. The molecule has 1 heterocycles. The number of ether oxygens (including phenoxy) is 1. The van der Waals surface area contributed by atoms with Crippen LogP contribution in [0.2, 0.25) is 0 Å². The highest BCUT2D eigenvalue weighted by Crippen LogP contribution is 2.26. The first-order valence-electron chi connectivity index (χ1n) is 5.37. The number of methoxy groups -OCH3 is 1. The second-order valence-electron chi connectivity index (χ2n) is 5.32. The molecule has 0 saturated heterocycles. The van der Waals surface area contributed by atoms with Crippen LogP contribution in [0.3, 0.4) is 0 Å². The maximum atomic E-state index is 5.37. The third kappa shape index (κ3) is 3.81. The molecule has 0 amide bonds. The third-order valence-electron chi connectivity index (χ3n) is 2.26. The van der Waals surface area contributed by atoms with Gasteiger partial charge in [0.05, 0.1) is 6.54 Å². The van der Waals surface area contributed by atoms with E-state index in [2.05, 4.69) is 36.3 Å². The summed E-state index contributed by atoms with van der Waals surface area (Å²) in [5, 5.41) is 13.6. The van der Waals surface area contributed by atoms with Crippen molar-refractivity contribution in [1.82, 2.24) is 15.5 Å². The Bertz CT molecular complexity index is 341. The molecule has 0 unspecified atom stereocenters. The van der Waals surface area contributed by atoms with Crippen LogP contribution in [0.15, 0.2) is 0 Å². The van der Waals surface area contributed by atoms with Gasteiger partial charge in [0.1, 0.15) is 15.6 Å². The van der Waals surface area contributed by atoms with E-state index in [1.54, 1.807) is 18.4 Å². The van der Waals surface area contributed by atoms with Gasteiger partial charge in [-0.15, -0.1) is 10.2 Å². The van der Waals surface area contributed by atoms with E-state index in [0.29, 0.717) is 0 Å². The average Bonchev–Trinajstić information content (AvgIpc) is 2.62. The fraction of sp³-hybridized carbons (Fsp3) is 0.818. The van der Waals surface area contributed by atoms with E-state index in [-0.39, 0.29) is 11.1 Å². The van der Waals surface area contributed by atoms with Gasteiger partial charge < -0.3 is 10.1 Å². The molecule has 0 fully saturated rings. The molecule has 0 atom stereocenters. The van der Waals surface area contributed by atoms with Crippen molar-refractivity contribution in [3.63, 3.8) is 0 Å². The molecule has 92 valence electrons. The molecule has 0 aromatic carbocycles. The van der Waals surface area contributed by atoms with Crippen molar-refractivity contribution in [2.45, 2.75) is 52.3 Å². The Morgan fingerprint density at radius 1 is 1.19 bits per heavy atom. The van der Waals surface area contributed by atoms with E-state index in [1.165, 1.54) is 0 Å². The van der Waals surface area contributed by atoms with E-state index < -0.39 is 0 Å². The maximum Gasteiger partial charge on any atom is 0.148 e. The van der Waals surface area contributed by atoms with Gasteiger partial charge in [0.25, 0.3) is 0 Å². The zero-order chi connectivity index (χ0) is 12.4. The van der Waals surface area contributed by atoms with Gasteiger partial charge in [-0.2, -0.15) is 0 Å². The van der Waals surface area contributed by atoms with Gasteiger partial charge in [-0.1, -0.05) is 11.3 Å².